The molecule has 2 aliphatic heterocycles. The molecule has 3 rings (SSSR count). The zero-order valence-electron chi connectivity index (χ0n) is 13.1. The molecule has 2 heterocycles. The highest BCUT2D eigenvalue weighted by Crippen LogP contribution is 2.53. The number of aliphatic hydroxyl groups is 1. The molecule has 3 fully saturated rings. The molecule has 0 aromatic heterocycles. The molecule has 7 heteroatoms. The topological polar surface area (TPSA) is 55.8 Å². The van der Waals surface area contributed by atoms with E-state index in [0.717, 1.165) is 58.7 Å². The highest BCUT2D eigenvalue weighted by Gasteiger charge is 2.50. The largest absolute Gasteiger partial charge is 0.391 e. The zero-order valence-corrected chi connectivity index (χ0v) is 14.8. The Hall–Kier alpha value is -0.0700. The molecule has 130 valence electrons. The normalized spacial score (nSPS) is 27.8. The van der Waals surface area contributed by atoms with E-state index in [1.54, 1.807) is 0 Å². The standard InChI is InChI=1S/C15H27N3O2.2ClH/c19-13-12-17(10-5-15(13)3-4-15)8-1-9-18-11-7-16-6-2-14(18)20;;/h13,16,19H,1-12H2;2*1H/t13-;;/m1../s1. The number of rotatable bonds is 4. The Bertz CT molecular complexity index is 367. The Kier molecular flexibility index (Phi) is 7.89. The average molecular weight is 354 g/mol. The van der Waals surface area contributed by atoms with Gasteiger partial charge in [0.05, 0.1) is 6.10 Å². The smallest absolute Gasteiger partial charge is 0.223 e. The van der Waals surface area contributed by atoms with E-state index in [0.29, 0.717) is 11.8 Å². The molecule has 0 aromatic rings. The molecule has 0 bridgehead atoms. The van der Waals surface area contributed by atoms with Gasteiger partial charge in [-0.15, -0.1) is 24.8 Å². The molecule has 1 aliphatic carbocycles. The number of hydrogen-bond donors (Lipinski definition) is 2. The summed E-state index contributed by atoms with van der Waals surface area (Å²) >= 11 is 0. The van der Waals surface area contributed by atoms with Crippen molar-refractivity contribution in [2.75, 3.05) is 45.8 Å². The first kappa shape index (κ1) is 20.0. The van der Waals surface area contributed by atoms with Gasteiger partial charge >= 0.3 is 0 Å². The number of carbonyl (C=O) groups excluding carboxylic acids is 1. The maximum Gasteiger partial charge on any atom is 0.223 e. The van der Waals surface area contributed by atoms with E-state index in [-0.39, 0.29) is 36.8 Å². The number of carbonyl (C=O) groups is 1. The van der Waals surface area contributed by atoms with Gasteiger partial charge in [0, 0.05) is 39.1 Å². The molecule has 2 saturated heterocycles. The summed E-state index contributed by atoms with van der Waals surface area (Å²) in [5, 5.41) is 13.4. The van der Waals surface area contributed by atoms with E-state index in [1.165, 1.54) is 12.8 Å². The van der Waals surface area contributed by atoms with Gasteiger partial charge in [0.25, 0.3) is 0 Å². The lowest BCUT2D eigenvalue weighted by molar-refractivity contribution is -0.130. The maximum absolute atomic E-state index is 11.9. The van der Waals surface area contributed by atoms with Gasteiger partial charge in [0.2, 0.25) is 5.91 Å². The lowest BCUT2D eigenvalue weighted by Crippen LogP contribution is -2.45. The summed E-state index contributed by atoms with van der Waals surface area (Å²) in [5.41, 5.74) is 0.295. The fourth-order valence-electron chi connectivity index (χ4n) is 3.56. The van der Waals surface area contributed by atoms with Crippen LogP contribution in [0.4, 0.5) is 0 Å². The van der Waals surface area contributed by atoms with E-state index in [2.05, 4.69) is 10.2 Å². The van der Waals surface area contributed by atoms with E-state index >= 15 is 0 Å². The third-order valence-corrected chi connectivity index (χ3v) is 5.29. The van der Waals surface area contributed by atoms with Crippen molar-refractivity contribution in [2.24, 2.45) is 5.41 Å². The minimum absolute atomic E-state index is 0. The number of nitrogens with zero attached hydrogens (tertiary/aromatic N) is 2. The Morgan fingerprint density at radius 1 is 1.14 bits per heavy atom. The highest BCUT2D eigenvalue weighted by atomic mass is 35.5. The SMILES string of the molecule is Cl.Cl.O=C1CCNCCN1CCCN1CCC2(CC2)[C@H](O)C1. The minimum Gasteiger partial charge on any atom is -0.391 e. The van der Waals surface area contributed by atoms with Crippen LogP contribution in [0.1, 0.15) is 32.1 Å². The van der Waals surface area contributed by atoms with Gasteiger partial charge in [-0.3, -0.25) is 4.79 Å². The second kappa shape index (κ2) is 8.69. The summed E-state index contributed by atoms with van der Waals surface area (Å²) in [6, 6.07) is 0. The van der Waals surface area contributed by atoms with E-state index in [9.17, 15) is 9.90 Å². The average Bonchev–Trinajstić information content (AvgIpc) is 3.22. The molecule has 2 N–H and O–H groups in total. The van der Waals surface area contributed by atoms with Crippen molar-refractivity contribution < 1.29 is 9.90 Å². The van der Waals surface area contributed by atoms with Crippen LogP contribution < -0.4 is 5.32 Å². The predicted octanol–water partition coefficient (Wildman–Crippen LogP) is 0.889. The minimum atomic E-state index is -0.125. The van der Waals surface area contributed by atoms with Gasteiger partial charge < -0.3 is 20.2 Å². The Balaban J connectivity index is 0.00000121. The molecule has 5 nitrogen and oxygen atoms in total. The van der Waals surface area contributed by atoms with Gasteiger partial charge in [-0.05, 0) is 44.2 Å². The van der Waals surface area contributed by atoms with E-state index in [4.69, 9.17) is 0 Å². The lowest BCUT2D eigenvalue weighted by atomic mass is 9.90. The fraction of sp³-hybridized carbons (Fsp3) is 0.933. The van der Waals surface area contributed by atoms with Crippen LogP contribution in [0.15, 0.2) is 0 Å². The predicted molar refractivity (Wildman–Crippen MR) is 91.9 cm³/mol. The number of aliphatic hydroxyl groups excluding tert-OH is 1. The first-order valence-corrected chi connectivity index (χ1v) is 8.09. The fourth-order valence-corrected chi connectivity index (χ4v) is 3.56. The van der Waals surface area contributed by atoms with Gasteiger partial charge in [0.15, 0.2) is 0 Å². The Morgan fingerprint density at radius 3 is 2.59 bits per heavy atom. The third-order valence-electron chi connectivity index (χ3n) is 5.29. The summed E-state index contributed by atoms with van der Waals surface area (Å²) in [6.07, 6.45) is 5.12. The van der Waals surface area contributed by atoms with Crippen LogP contribution in [0, 0.1) is 5.41 Å². The second-order valence-corrected chi connectivity index (χ2v) is 6.66. The van der Waals surface area contributed by atoms with Gasteiger partial charge in [-0.2, -0.15) is 0 Å². The summed E-state index contributed by atoms with van der Waals surface area (Å²) in [6.45, 7) is 6.38. The van der Waals surface area contributed by atoms with Crippen LogP contribution in [0.5, 0.6) is 0 Å². The number of amides is 1. The molecule has 1 atom stereocenters. The van der Waals surface area contributed by atoms with Gasteiger partial charge in [-0.1, -0.05) is 0 Å². The Labute approximate surface area is 145 Å². The molecule has 1 spiro atoms. The number of hydrogen-bond acceptors (Lipinski definition) is 4. The third kappa shape index (κ3) is 4.71. The van der Waals surface area contributed by atoms with Gasteiger partial charge in [-0.25, -0.2) is 0 Å². The summed E-state index contributed by atoms with van der Waals surface area (Å²) in [5.74, 6) is 0.283. The van der Waals surface area contributed by atoms with Crippen molar-refractivity contribution in [3.63, 3.8) is 0 Å². The van der Waals surface area contributed by atoms with Crippen molar-refractivity contribution in [2.45, 2.75) is 38.2 Å². The number of piperidine rings is 1. The zero-order chi connectivity index (χ0) is 14.0. The molecule has 0 radical (unpaired) electrons. The molecule has 1 amide bonds. The number of nitrogens with one attached hydrogen (secondary N) is 1. The molecular weight excluding hydrogens is 325 g/mol. The van der Waals surface area contributed by atoms with Gasteiger partial charge in [0.1, 0.15) is 0 Å². The monoisotopic (exact) mass is 353 g/mol. The lowest BCUT2D eigenvalue weighted by Gasteiger charge is -2.36. The molecule has 0 unspecified atom stereocenters. The van der Waals surface area contributed by atoms with Crippen molar-refractivity contribution in [3.05, 3.63) is 0 Å². The number of β-amino-alcohol motifs (C(OH)–C–C–N with tert-alkyl or cyclic N) is 1. The molecule has 1 saturated carbocycles. The van der Waals surface area contributed by atoms with Crippen LogP contribution >= 0.6 is 24.8 Å². The van der Waals surface area contributed by atoms with Crippen LogP contribution in [0.2, 0.25) is 0 Å². The van der Waals surface area contributed by atoms with E-state index in [1.807, 2.05) is 4.90 Å². The summed E-state index contributed by atoms with van der Waals surface area (Å²) < 4.78 is 0. The summed E-state index contributed by atoms with van der Waals surface area (Å²) in [4.78, 5) is 16.2. The van der Waals surface area contributed by atoms with Crippen LogP contribution in [0.3, 0.4) is 0 Å². The summed E-state index contributed by atoms with van der Waals surface area (Å²) in [7, 11) is 0. The molecule has 3 aliphatic rings. The van der Waals surface area contributed by atoms with Crippen molar-refractivity contribution in [1.29, 1.82) is 0 Å². The molecule has 22 heavy (non-hydrogen) atoms. The highest BCUT2D eigenvalue weighted by molar-refractivity contribution is 5.85. The first-order valence-electron chi connectivity index (χ1n) is 8.09. The molecule has 0 aromatic carbocycles. The van der Waals surface area contributed by atoms with Crippen LogP contribution in [0.25, 0.3) is 0 Å². The second-order valence-electron chi connectivity index (χ2n) is 6.66. The van der Waals surface area contributed by atoms with Crippen LogP contribution in [-0.4, -0.2) is 72.7 Å². The van der Waals surface area contributed by atoms with E-state index < -0.39 is 0 Å². The van der Waals surface area contributed by atoms with Crippen LogP contribution in [-0.2, 0) is 4.79 Å². The van der Waals surface area contributed by atoms with Crippen molar-refractivity contribution in [3.8, 4) is 0 Å². The Morgan fingerprint density at radius 2 is 1.91 bits per heavy atom. The first-order chi connectivity index (χ1) is 9.70. The quantitative estimate of drug-likeness (QED) is 0.787. The van der Waals surface area contributed by atoms with Crippen molar-refractivity contribution in [1.82, 2.24) is 15.1 Å². The molecular formula is C15H29Cl2N3O2. The van der Waals surface area contributed by atoms with Crippen molar-refractivity contribution >= 4 is 30.7 Å². The number of halogens is 2. The number of likely N-dealkylation sites (tertiary alicyclic amines) is 1. The maximum atomic E-state index is 11.9.